The number of carbonyl (C=O) groups excluding carboxylic acids is 1. The zero-order valence-corrected chi connectivity index (χ0v) is 16.9. The first kappa shape index (κ1) is 18.3. The minimum atomic E-state index is -0.352. The lowest BCUT2D eigenvalue weighted by atomic mass is 9.97. The second-order valence-corrected chi connectivity index (χ2v) is 7.37. The van der Waals surface area contributed by atoms with Gasteiger partial charge >= 0.3 is 0 Å². The summed E-state index contributed by atoms with van der Waals surface area (Å²) < 4.78 is 1.87. The third kappa shape index (κ3) is 2.91. The number of halogens is 1. The molecule has 1 amide bonds. The van der Waals surface area contributed by atoms with Crippen molar-refractivity contribution < 1.29 is 4.79 Å². The fourth-order valence-corrected chi connectivity index (χ4v) is 4.12. The molecule has 0 aliphatic carbocycles. The number of aromatic nitrogens is 2. The first-order chi connectivity index (χ1) is 14.6. The maximum absolute atomic E-state index is 12.7. The highest BCUT2D eigenvalue weighted by Gasteiger charge is 2.15. The van der Waals surface area contributed by atoms with Crippen molar-refractivity contribution in [2.24, 2.45) is 5.10 Å². The predicted octanol–water partition coefficient (Wildman–Crippen LogP) is 5.37. The van der Waals surface area contributed by atoms with E-state index in [1.54, 1.807) is 6.21 Å². The largest absolute Gasteiger partial charge is 0.304 e. The number of pyridine rings is 1. The number of fused-ring (bicyclic) bond motifs is 3. The first-order valence-corrected chi connectivity index (χ1v) is 9.89. The SMILES string of the molecule is Cc1c(C(=O)N/N=C\c2c3ccccc3c(Cl)c3ccccc23)nc2ccccn12. The number of aryl methyl sites for hydroxylation is 1. The van der Waals surface area contributed by atoms with Crippen LogP contribution in [0, 0.1) is 6.92 Å². The molecule has 0 saturated heterocycles. The summed E-state index contributed by atoms with van der Waals surface area (Å²) in [6, 6.07) is 21.5. The van der Waals surface area contributed by atoms with Gasteiger partial charge < -0.3 is 4.40 Å². The highest BCUT2D eigenvalue weighted by Crippen LogP contribution is 2.35. The van der Waals surface area contributed by atoms with E-state index < -0.39 is 0 Å². The van der Waals surface area contributed by atoms with E-state index in [1.165, 1.54) is 0 Å². The van der Waals surface area contributed by atoms with Gasteiger partial charge in [-0.3, -0.25) is 4.79 Å². The Balaban J connectivity index is 1.54. The van der Waals surface area contributed by atoms with Crippen molar-refractivity contribution in [3.05, 3.63) is 94.9 Å². The number of amides is 1. The highest BCUT2D eigenvalue weighted by molar-refractivity contribution is 6.42. The molecule has 0 radical (unpaired) electrons. The number of carbonyl (C=O) groups is 1. The van der Waals surface area contributed by atoms with Gasteiger partial charge in [-0.1, -0.05) is 66.2 Å². The number of nitrogens with one attached hydrogen (secondary N) is 1. The van der Waals surface area contributed by atoms with E-state index in [2.05, 4.69) is 15.5 Å². The number of rotatable bonds is 3. The lowest BCUT2D eigenvalue weighted by molar-refractivity contribution is 0.0950. The lowest BCUT2D eigenvalue weighted by Crippen LogP contribution is -2.19. The molecule has 0 aliphatic rings. The van der Waals surface area contributed by atoms with Crippen molar-refractivity contribution in [1.82, 2.24) is 14.8 Å². The van der Waals surface area contributed by atoms with Crippen LogP contribution in [0.3, 0.4) is 0 Å². The summed E-state index contributed by atoms with van der Waals surface area (Å²) in [5.41, 5.74) is 5.35. The molecule has 0 atom stereocenters. The van der Waals surface area contributed by atoms with E-state index in [9.17, 15) is 4.79 Å². The van der Waals surface area contributed by atoms with E-state index in [0.717, 1.165) is 38.4 Å². The van der Waals surface area contributed by atoms with Crippen molar-refractivity contribution in [2.75, 3.05) is 0 Å². The third-order valence-corrected chi connectivity index (χ3v) is 5.66. The Labute approximate surface area is 177 Å². The number of imidazole rings is 1. The highest BCUT2D eigenvalue weighted by atomic mass is 35.5. The van der Waals surface area contributed by atoms with Gasteiger partial charge in [0.25, 0.3) is 5.91 Å². The Morgan fingerprint density at radius 1 is 0.967 bits per heavy atom. The second kappa shape index (κ2) is 7.28. The van der Waals surface area contributed by atoms with Gasteiger partial charge in [0.05, 0.1) is 16.9 Å². The van der Waals surface area contributed by atoms with Crippen LogP contribution in [0.5, 0.6) is 0 Å². The van der Waals surface area contributed by atoms with E-state index in [4.69, 9.17) is 11.6 Å². The van der Waals surface area contributed by atoms with E-state index >= 15 is 0 Å². The quantitative estimate of drug-likeness (QED) is 0.246. The summed E-state index contributed by atoms with van der Waals surface area (Å²) in [7, 11) is 0. The summed E-state index contributed by atoms with van der Waals surface area (Å²) in [5, 5.41) is 8.80. The Bertz CT molecular complexity index is 1410. The predicted molar refractivity (Wildman–Crippen MR) is 121 cm³/mol. The molecule has 5 aromatic rings. The van der Waals surface area contributed by atoms with Gasteiger partial charge in [-0.2, -0.15) is 5.10 Å². The van der Waals surface area contributed by atoms with Gasteiger partial charge in [-0.15, -0.1) is 0 Å². The molecule has 0 saturated carbocycles. The first-order valence-electron chi connectivity index (χ1n) is 9.51. The van der Waals surface area contributed by atoms with Crippen LogP contribution in [0.2, 0.25) is 5.02 Å². The van der Waals surface area contributed by atoms with Gasteiger partial charge in [-0.05, 0) is 29.8 Å². The van der Waals surface area contributed by atoms with Gasteiger partial charge in [-0.25, -0.2) is 10.4 Å². The molecular weight excluding hydrogens is 396 g/mol. The summed E-state index contributed by atoms with van der Waals surface area (Å²) in [6.07, 6.45) is 3.55. The normalized spacial score (nSPS) is 11.7. The Hall–Kier alpha value is -3.70. The fraction of sp³-hybridized carbons (Fsp3) is 0.0417. The molecule has 0 unspecified atom stereocenters. The number of nitrogens with zero attached hydrogens (tertiary/aromatic N) is 3. The van der Waals surface area contributed by atoms with Gasteiger partial charge in [0.2, 0.25) is 0 Å². The van der Waals surface area contributed by atoms with Crippen molar-refractivity contribution in [2.45, 2.75) is 6.92 Å². The van der Waals surface area contributed by atoms with E-state index in [1.807, 2.05) is 84.3 Å². The molecule has 2 heterocycles. The molecular formula is C24H17ClN4O. The smallest absolute Gasteiger partial charge is 0.291 e. The Morgan fingerprint density at radius 3 is 2.20 bits per heavy atom. The van der Waals surface area contributed by atoms with E-state index in [0.29, 0.717) is 10.7 Å². The van der Waals surface area contributed by atoms with Gasteiger partial charge in [0.1, 0.15) is 5.65 Å². The molecule has 0 spiro atoms. The molecule has 5 nitrogen and oxygen atoms in total. The molecule has 0 aliphatic heterocycles. The summed E-state index contributed by atoms with van der Waals surface area (Å²) in [6.45, 7) is 1.86. The Kier molecular flexibility index (Phi) is 4.45. The molecule has 30 heavy (non-hydrogen) atoms. The van der Waals surface area contributed by atoms with E-state index in [-0.39, 0.29) is 5.91 Å². The topological polar surface area (TPSA) is 58.8 Å². The molecule has 1 N–H and O–H groups in total. The van der Waals surface area contributed by atoms with Crippen LogP contribution in [0.4, 0.5) is 0 Å². The average Bonchev–Trinajstić information content (AvgIpc) is 3.13. The van der Waals surface area contributed by atoms with Crippen LogP contribution < -0.4 is 5.43 Å². The minimum Gasteiger partial charge on any atom is -0.304 e. The maximum Gasteiger partial charge on any atom is 0.291 e. The van der Waals surface area contributed by atoms with Gasteiger partial charge in [0, 0.05) is 22.5 Å². The number of hydrogen-bond acceptors (Lipinski definition) is 3. The number of hydrogen-bond donors (Lipinski definition) is 1. The van der Waals surface area contributed by atoms with Crippen LogP contribution >= 0.6 is 11.6 Å². The standard InChI is InChI=1S/C24H17ClN4O/c1-15-23(27-21-12-6-7-13-29(15)21)24(30)28-26-14-20-16-8-2-4-10-18(16)22(25)19-11-5-3-9-17(19)20/h2-14H,1H3,(H,28,30)/b26-14-. The molecule has 6 heteroatoms. The van der Waals surface area contributed by atoms with Crippen LogP contribution in [-0.4, -0.2) is 21.5 Å². The van der Waals surface area contributed by atoms with Crippen molar-refractivity contribution in [1.29, 1.82) is 0 Å². The number of hydrazone groups is 1. The summed E-state index contributed by atoms with van der Waals surface area (Å²) >= 11 is 6.64. The lowest BCUT2D eigenvalue weighted by Gasteiger charge is -2.10. The summed E-state index contributed by atoms with van der Waals surface area (Å²) in [5.74, 6) is -0.352. The average molecular weight is 413 g/mol. The molecule has 2 aromatic heterocycles. The number of benzene rings is 3. The second-order valence-electron chi connectivity index (χ2n) is 6.99. The van der Waals surface area contributed by atoms with Crippen molar-refractivity contribution >= 4 is 50.9 Å². The van der Waals surface area contributed by atoms with Gasteiger partial charge in [0.15, 0.2) is 5.69 Å². The van der Waals surface area contributed by atoms with Crippen molar-refractivity contribution in [3.63, 3.8) is 0 Å². The zero-order chi connectivity index (χ0) is 20.7. The molecule has 0 fully saturated rings. The Morgan fingerprint density at radius 2 is 1.57 bits per heavy atom. The molecule has 146 valence electrons. The zero-order valence-electron chi connectivity index (χ0n) is 16.1. The van der Waals surface area contributed by atoms with Crippen LogP contribution in [-0.2, 0) is 0 Å². The fourth-order valence-electron chi connectivity index (χ4n) is 3.79. The van der Waals surface area contributed by atoms with Crippen LogP contribution in [0.1, 0.15) is 21.7 Å². The summed E-state index contributed by atoms with van der Waals surface area (Å²) in [4.78, 5) is 17.1. The van der Waals surface area contributed by atoms with Crippen molar-refractivity contribution in [3.8, 4) is 0 Å². The minimum absolute atomic E-state index is 0.351. The maximum atomic E-state index is 12.7. The van der Waals surface area contributed by atoms with Crippen LogP contribution in [0.25, 0.3) is 27.2 Å². The molecule has 5 rings (SSSR count). The molecule has 0 bridgehead atoms. The monoisotopic (exact) mass is 412 g/mol. The third-order valence-electron chi connectivity index (χ3n) is 5.25. The molecule has 3 aromatic carbocycles. The van der Waals surface area contributed by atoms with Crippen LogP contribution in [0.15, 0.2) is 78.0 Å².